The summed E-state index contributed by atoms with van der Waals surface area (Å²) >= 11 is 0. The number of nitrogens with zero attached hydrogens (tertiary/aromatic N) is 3. The smallest absolute Gasteiger partial charge is 0.410 e. The number of benzene rings is 1. The van der Waals surface area contributed by atoms with Gasteiger partial charge in [0.2, 0.25) is 0 Å². The van der Waals surface area contributed by atoms with Gasteiger partial charge in [0.1, 0.15) is 17.3 Å². The topological polar surface area (TPSA) is 132 Å². The van der Waals surface area contributed by atoms with Crippen LogP contribution in [-0.2, 0) is 9.47 Å². The Hall–Kier alpha value is -3.15. The molecule has 1 aromatic carbocycles. The van der Waals surface area contributed by atoms with E-state index >= 15 is 0 Å². The lowest BCUT2D eigenvalue weighted by molar-refractivity contribution is -0.385. The molecule has 2 amide bonds. The Morgan fingerprint density at radius 1 is 0.921 bits per heavy atom. The number of halogens is 1. The van der Waals surface area contributed by atoms with E-state index in [9.17, 15) is 29.2 Å². The molecular formula is C26H40FN3O8. The van der Waals surface area contributed by atoms with Crippen LogP contribution < -0.4 is 4.74 Å². The number of aliphatic hydroxyl groups excluding tert-OH is 1. The molecule has 2 fully saturated rings. The van der Waals surface area contributed by atoms with Crippen molar-refractivity contribution in [3.05, 3.63) is 34.1 Å². The fourth-order valence-electron chi connectivity index (χ4n) is 3.74. The summed E-state index contributed by atoms with van der Waals surface area (Å²) in [4.78, 5) is 36.7. The first-order valence-corrected chi connectivity index (χ1v) is 12.8. The van der Waals surface area contributed by atoms with Gasteiger partial charge in [0.05, 0.1) is 17.1 Å². The zero-order valence-electron chi connectivity index (χ0n) is 23.1. The molecule has 0 aromatic heterocycles. The summed E-state index contributed by atoms with van der Waals surface area (Å²) in [7, 11) is 0. The van der Waals surface area contributed by atoms with Gasteiger partial charge in [-0.2, -0.15) is 0 Å². The second kappa shape index (κ2) is 13.1. The average molecular weight is 542 g/mol. The van der Waals surface area contributed by atoms with E-state index in [0.717, 1.165) is 6.07 Å². The molecule has 2 aliphatic heterocycles. The lowest BCUT2D eigenvalue weighted by Gasteiger charge is -2.33. The van der Waals surface area contributed by atoms with Crippen LogP contribution in [-0.4, -0.2) is 81.6 Å². The number of nitro benzene ring substituents is 1. The molecule has 1 aromatic rings. The van der Waals surface area contributed by atoms with Crippen LogP contribution in [0.25, 0.3) is 0 Å². The van der Waals surface area contributed by atoms with Crippen molar-refractivity contribution in [1.29, 1.82) is 0 Å². The number of aliphatic hydroxyl groups is 1. The van der Waals surface area contributed by atoms with Crippen LogP contribution in [0.3, 0.4) is 0 Å². The molecule has 12 heteroatoms. The normalized spacial score (nSPS) is 17.3. The third-order valence-corrected chi connectivity index (χ3v) is 5.63. The van der Waals surface area contributed by atoms with Crippen LogP contribution in [0.4, 0.5) is 19.7 Å². The molecule has 0 radical (unpaired) electrons. The molecule has 2 saturated heterocycles. The summed E-state index contributed by atoms with van der Waals surface area (Å²) in [6.07, 6.45) is 1.23. The summed E-state index contributed by atoms with van der Waals surface area (Å²) in [6, 6.07) is 3.30. The summed E-state index contributed by atoms with van der Waals surface area (Å²) in [5, 5.41) is 19.9. The SMILES string of the molecule is CC(C)(C)OC(=O)N1CCC(O)CC1.CC(C)(C)OC(=O)N1CCC(Oc2ccc([N+](=O)[O-])cc2F)CC1. The number of amides is 2. The Morgan fingerprint density at radius 3 is 1.76 bits per heavy atom. The summed E-state index contributed by atoms with van der Waals surface area (Å²) < 4.78 is 29.9. The molecule has 0 saturated carbocycles. The van der Waals surface area contributed by atoms with Crippen LogP contribution in [0.15, 0.2) is 18.2 Å². The van der Waals surface area contributed by atoms with Gasteiger partial charge >= 0.3 is 12.2 Å². The van der Waals surface area contributed by atoms with Crippen molar-refractivity contribution >= 4 is 17.9 Å². The highest BCUT2D eigenvalue weighted by Gasteiger charge is 2.28. The standard InChI is InChI=1S/C16H21FN2O5.C10H19NO3/c1-16(2,3)24-15(20)18-8-6-12(7-9-18)23-14-5-4-11(19(21)22)10-13(14)17;1-10(2,3)14-9(13)11-6-4-8(12)5-7-11/h4-5,10,12H,6-9H2,1-3H3;8,12H,4-7H2,1-3H3. The zero-order valence-corrected chi connectivity index (χ0v) is 23.1. The molecular weight excluding hydrogens is 501 g/mol. The molecule has 0 atom stereocenters. The number of ether oxygens (including phenoxy) is 3. The molecule has 11 nitrogen and oxygen atoms in total. The minimum absolute atomic E-state index is 0.0173. The number of rotatable bonds is 3. The van der Waals surface area contributed by atoms with E-state index in [1.807, 2.05) is 20.8 Å². The fourth-order valence-corrected chi connectivity index (χ4v) is 3.74. The van der Waals surface area contributed by atoms with Crippen molar-refractivity contribution in [2.24, 2.45) is 0 Å². The first-order chi connectivity index (χ1) is 17.5. The maximum atomic E-state index is 13.8. The monoisotopic (exact) mass is 541 g/mol. The van der Waals surface area contributed by atoms with Crippen LogP contribution in [0.1, 0.15) is 67.2 Å². The number of hydrogen-bond donors (Lipinski definition) is 1. The Bertz CT molecular complexity index is 960. The zero-order chi connectivity index (χ0) is 28.7. The van der Waals surface area contributed by atoms with Gasteiger partial charge in [-0.15, -0.1) is 0 Å². The Kier molecular flexibility index (Phi) is 10.7. The molecule has 0 unspecified atom stereocenters. The predicted molar refractivity (Wildman–Crippen MR) is 138 cm³/mol. The van der Waals surface area contributed by atoms with Gasteiger partial charge < -0.3 is 29.1 Å². The number of non-ortho nitro benzene ring substituents is 1. The fraction of sp³-hybridized carbons (Fsp3) is 0.692. The first-order valence-electron chi connectivity index (χ1n) is 12.8. The number of carbonyl (C=O) groups excluding carboxylic acids is 2. The van der Waals surface area contributed by atoms with Crippen molar-refractivity contribution in [3.8, 4) is 5.75 Å². The van der Waals surface area contributed by atoms with E-state index in [1.54, 1.807) is 30.6 Å². The molecule has 2 heterocycles. The van der Waals surface area contributed by atoms with Crippen molar-refractivity contribution in [2.45, 2.75) is 90.6 Å². The van der Waals surface area contributed by atoms with Gasteiger partial charge in [0, 0.05) is 45.1 Å². The van der Waals surface area contributed by atoms with Gasteiger partial charge in [-0.25, -0.2) is 14.0 Å². The third kappa shape index (κ3) is 10.7. The second-order valence-corrected chi connectivity index (χ2v) is 11.4. The van der Waals surface area contributed by atoms with Crippen molar-refractivity contribution in [1.82, 2.24) is 9.80 Å². The van der Waals surface area contributed by atoms with E-state index in [2.05, 4.69) is 0 Å². The number of hydrogen-bond acceptors (Lipinski definition) is 8. The third-order valence-electron chi connectivity index (χ3n) is 5.63. The van der Waals surface area contributed by atoms with E-state index in [4.69, 9.17) is 14.2 Å². The Morgan fingerprint density at radius 2 is 1.37 bits per heavy atom. The molecule has 3 rings (SSSR count). The number of nitro groups is 1. The lowest BCUT2D eigenvalue weighted by atomic mass is 10.1. The molecule has 214 valence electrons. The van der Waals surface area contributed by atoms with E-state index < -0.39 is 21.9 Å². The quantitative estimate of drug-likeness (QED) is 0.423. The highest BCUT2D eigenvalue weighted by Crippen LogP contribution is 2.26. The van der Waals surface area contributed by atoms with Gasteiger partial charge in [-0.05, 0) is 60.5 Å². The predicted octanol–water partition coefficient (Wildman–Crippen LogP) is 4.89. The Balaban J connectivity index is 0.000000308. The summed E-state index contributed by atoms with van der Waals surface area (Å²) in [6.45, 7) is 13.1. The van der Waals surface area contributed by atoms with Gasteiger partial charge in [-0.1, -0.05) is 0 Å². The largest absolute Gasteiger partial charge is 0.487 e. The highest BCUT2D eigenvalue weighted by molar-refractivity contribution is 5.68. The number of piperidine rings is 2. The summed E-state index contributed by atoms with van der Waals surface area (Å²) in [5.41, 5.74) is -1.31. The van der Waals surface area contributed by atoms with Gasteiger partial charge in [-0.3, -0.25) is 10.1 Å². The van der Waals surface area contributed by atoms with E-state index in [-0.39, 0.29) is 35.8 Å². The number of likely N-dealkylation sites (tertiary alicyclic amines) is 2. The lowest BCUT2D eigenvalue weighted by Crippen LogP contribution is -2.44. The molecule has 0 spiro atoms. The van der Waals surface area contributed by atoms with Crippen molar-refractivity contribution in [3.63, 3.8) is 0 Å². The van der Waals surface area contributed by atoms with Crippen LogP contribution >= 0.6 is 0 Å². The molecule has 0 aliphatic carbocycles. The van der Waals surface area contributed by atoms with E-state index in [1.165, 1.54) is 12.1 Å². The van der Waals surface area contributed by atoms with E-state index in [0.29, 0.717) is 51.9 Å². The van der Waals surface area contributed by atoms with Crippen molar-refractivity contribution < 1.29 is 38.2 Å². The molecule has 38 heavy (non-hydrogen) atoms. The first kappa shape index (κ1) is 31.1. The van der Waals surface area contributed by atoms with Crippen LogP contribution in [0, 0.1) is 15.9 Å². The molecule has 1 N–H and O–H groups in total. The Labute approximate surface area is 223 Å². The second-order valence-electron chi connectivity index (χ2n) is 11.4. The maximum absolute atomic E-state index is 13.8. The minimum Gasteiger partial charge on any atom is -0.487 e. The summed E-state index contributed by atoms with van der Waals surface area (Å²) in [5.74, 6) is -0.782. The maximum Gasteiger partial charge on any atom is 0.410 e. The number of carbonyl (C=O) groups is 2. The van der Waals surface area contributed by atoms with Gasteiger partial charge in [0.15, 0.2) is 11.6 Å². The minimum atomic E-state index is -0.765. The molecule has 2 aliphatic rings. The average Bonchev–Trinajstić information content (AvgIpc) is 2.79. The highest BCUT2D eigenvalue weighted by atomic mass is 19.1. The van der Waals surface area contributed by atoms with Crippen LogP contribution in [0.5, 0.6) is 5.75 Å². The van der Waals surface area contributed by atoms with Crippen LogP contribution in [0.2, 0.25) is 0 Å². The van der Waals surface area contributed by atoms with Crippen molar-refractivity contribution in [2.75, 3.05) is 26.2 Å². The van der Waals surface area contributed by atoms with Gasteiger partial charge in [0.25, 0.3) is 5.69 Å². The molecule has 0 bridgehead atoms.